The molecule has 0 unspecified atom stereocenters. The average molecular weight is 344 g/mol. The van der Waals surface area contributed by atoms with Gasteiger partial charge >= 0.3 is 5.97 Å². The Morgan fingerprint density at radius 1 is 1.45 bits per heavy atom. The zero-order valence-corrected chi connectivity index (χ0v) is 13.4. The molecular weight excluding hydrogens is 331 g/mol. The van der Waals surface area contributed by atoms with Gasteiger partial charge in [0.25, 0.3) is 10.0 Å². The van der Waals surface area contributed by atoms with Crippen LogP contribution in [0.4, 0.5) is 9.52 Å². The second kappa shape index (κ2) is 6.41. The number of aromatic nitrogens is 1. The first kappa shape index (κ1) is 16.4. The van der Waals surface area contributed by atoms with E-state index in [9.17, 15) is 17.6 Å². The van der Waals surface area contributed by atoms with Crippen molar-refractivity contribution in [1.82, 2.24) is 4.98 Å². The van der Waals surface area contributed by atoms with Crippen molar-refractivity contribution < 1.29 is 22.3 Å². The molecule has 1 heterocycles. The lowest BCUT2D eigenvalue weighted by Gasteiger charge is -2.07. The van der Waals surface area contributed by atoms with Crippen LogP contribution in [-0.2, 0) is 14.8 Å². The standard InChI is InChI=1S/C13H13FN2O4S2/c1-3-20-12(17)10-7-21-13(15-10)16-22(18,19)11-6-8(2)4-5-9(11)14/h4-7H,3H2,1-2H3,(H,15,16). The normalized spacial score (nSPS) is 11.2. The fourth-order valence-electron chi connectivity index (χ4n) is 1.61. The van der Waals surface area contributed by atoms with Crippen molar-refractivity contribution in [2.24, 2.45) is 0 Å². The minimum atomic E-state index is -4.12. The van der Waals surface area contributed by atoms with Gasteiger partial charge in [0.2, 0.25) is 0 Å². The van der Waals surface area contributed by atoms with E-state index in [1.165, 1.54) is 17.5 Å². The topological polar surface area (TPSA) is 85.4 Å². The molecule has 9 heteroatoms. The van der Waals surface area contributed by atoms with Gasteiger partial charge in [-0.15, -0.1) is 11.3 Å². The van der Waals surface area contributed by atoms with E-state index in [-0.39, 0.29) is 17.4 Å². The van der Waals surface area contributed by atoms with Crippen LogP contribution in [0.3, 0.4) is 0 Å². The van der Waals surface area contributed by atoms with Gasteiger partial charge in [0.1, 0.15) is 10.7 Å². The highest BCUT2D eigenvalue weighted by Crippen LogP contribution is 2.22. The fourth-order valence-corrected chi connectivity index (χ4v) is 3.70. The summed E-state index contributed by atoms with van der Waals surface area (Å²) in [5.41, 5.74) is 0.599. The molecule has 1 aromatic heterocycles. The molecule has 0 fully saturated rings. The summed E-state index contributed by atoms with van der Waals surface area (Å²) in [6.07, 6.45) is 0. The summed E-state index contributed by atoms with van der Waals surface area (Å²) in [5.74, 6) is -1.51. The fraction of sp³-hybridized carbons (Fsp3) is 0.231. The third kappa shape index (κ3) is 3.60. The number of benzene rings is 1. The largest absolute Gasteiger partial charge is 0.461 e. The Morgan fingerprint density at radius 3 is 2.86 bits per heavy atom. The number of rotatable bonds is 5. The van der Waals surface area contributed by atoms with Crippen LogP contribution in [0.5, 0.6) is 0 Å². The monoisotopic (exact) mass is 344 g/mol. The van der Waals surface area contributed by atoms with Gasteiger partial charge in [0, 0.05) is 5.38 Å². The van der Waals surface area contributed by atoms with Crippen LogP contribution >= 0.6 is 11.3 Å². The molecule has 2 rings (SSSR count). The molecule has 6 nitrogen and oxygen atoms in total. The maximum absolute atomic E-state index is 13.7. The van der Waals surface area contributed by atoms with E-state index >= 15 is 0 Å². The molecule has 0 aliphatic carbocycles. The Kier molecular flexibility index (Phi) is 4.77. The number of carbonyl (C=O) groups is 1. The van der Waals surface area contributed by atoms with Gasteiger partial charge in [-0.1, -0.05) is 6.07 Å². The number of esters is 1. The third-order valence-corrected chi connectivity index (χ3v) is 4.83. The highest BCUT2D eigenvalue weighted by atomic mass is 32.2. The lowest BCUT2D eigenvalue weighted by molar-refractivity contribution is 0.0520. The molecular formula is C13H13FN2O4S2. The number of hydrogen-bond acceptors (Lipinski definition) is 6. The minimum absolute atomic E-state index is 0.00531. The molecule has 0 saturated heterocycles. The maximum atomic E-state index is 13.7. The van der Waals surface area contributed by atoms with E-state index in [0.717, 1.165) is 17.4 Å². The van der Waals surface area contributed by atoms with Crippen LogP contribution in [-0.4, -0.2) is 26.0 Å². The molecule has 118 valence electrons. The van der Waals surface area contributed by atoms with E-state index < -0.39 is 26.7 Å². The van der Waals surface area contributed by atoms with Crippen LogP contribution < -0.4 is 4.72 Å². The van der Waals surface area contributed by atoms with Crippen LogP contribution in [0.1, 0.15) is 23.0 Å². The molecule has 22 heavy (non-hydrogen) atoms. The SMILES string of the molecule is CCOC(=O)c1csc(NS(=O)(=O)c2cc(C)ccc2F)n1. The molecule has 0 aliphatic rings. The highest BCUT2D eigenvalue weighted by molar-refractivity contribution is 7.93. The number of nitrogens with zero attached hydrogens (tertiary/aromatic N) is 1. The minimum Gasteiger partial charge on any atom is -0.461 e. The van der Waals surface area contributed by atoms with Gasteiger partial charge in [-0.05, 0) is 31.5 Å². The van der Waals surface area contributed by atoms with Crippen LogP contribution in [0, 0.1) is 12.7 Å². The summed E-state index contributed by atoms with van der Waals surface area (Å²) in [7, 11) is -4.12. The number of nitrogens with one attached hydrogen (secondary N) is 1. The Balaban J connectivity index is 2.26. The number of sulfonamides is 1. The summed E-state index contributed by atoms with van der Waals surface area (Å²) in [6, 6.07) is 3.77. The summed E-state index contributed by atoms with van der Waals surface area (Å²) >= 11 is 0.911. The maximum Gasteiger partial charge on any atom is 0.357 e. The quantitative estimate of drug-likeness (QED) is 0.843. The van der Waals surface area contributed by atoms with E-state index in [4.69, 9.17) is 4.74 Å². The van der Waals surface area contributed by atoms with Crippen molar-refractivity contribution in [3.05, 3.63) is 40.7 Å². The number of ether oxygens (including phenoxy) is 1. The first-order valence-electron chi connectivity index (χ1n) is 6.25. The second-order valence-electron chi connectivity index (χ2n) is 4.30. The molecule has 0 radical (unpaired) electrons. The average Bonchev–Trinajstić information content (AvgIpc) is 2.89. The first-order valence-corrected chi connectivity index (χ1v) is 8.61. The first-order chi connectivity index (χ1) is 10.3. The predicted molar refractivity (Wildman–Crippen MR) is 80.0 cm³/mol. The summed E-state index contributed by atoms with van der Waals surface area (Å²) < 4.78 is 45.0. The molecule has 1 aromatic carbocycles. The van der Waals surface area contributed by atoms with Crippen molar-refractivity contribution in [2.45, 2.75) is 18.7 Å². The Labute approximate surface area is 131 Å². The Hall–Kier alpha value is -2.00. The highest BCUT2D eigenvalue weighted by Gasteiger charge is 2.21. The summed E-state index contributed by atoms with van der Waals surface area (Å²) in [4.78, 5) is 14.8. The van der Waals surface area contributed by atoms with E-state index in [2.05, 4.69) is 9.71 Å². The molecule has 0 atom stereocenters. The number of aryl methyl sites for hydroxylation is 1. The van der Waals surface area contributed by atoms with Crippen molar-refractivity contribution in [3.8, 4) is 0 Å². The Morgan fingerprint density at radius 2 is 2.18 bits per heavy atom. The molecule has 1 N–H and O–H groups in total. The van der Waals surface area contributed by atoms with Crippen molar-refractivity contribution in [2.75, 3.05) is 11.3 Å². The van der Waals surface area contributed by atoms with Gasteiger partial charge in [0.05, 0.1) is 6.61 Å². The van der Waals surface area contributed by atoms with Gasteiger partial charge < -0.3 is 4.74 Å². The van der Waals surface area contributed by atoms with Crippen LogP contribution in [0.25, 0.3) is 0 Å². The number of thiazole rings is 1. The van der Waals surface area contributed by atoms with E-state index in [0.29, 0.717) is 5.56 Å². The van der Waals surface area contributed by atoms with Crippen molar-refractivity contribution in [1.29, 1.82) is 0 Å². The molecule has 0 saturated carbocycles. The second-order valence-corrected chi connectivity index (χ2v) is 6.81. The van der Waals surface area contributed by atoms with Gasteiger partial charge in [0.15, 0.2) is 10.8 Å². The lowest BCUT2D eigenvalue weighted by Crippen LogP contribution is -2.15. The predicted octanol–water partition coefficient (Wildman–Crippen LogP) is 2.57. The summed E-state index contributed by atoms with van der Waals surface area (Å²) in [5, 5.41) is 1.33. The van der Waals surface area contributed by atoms with Gasteiger partial charge in [-0.2, -0.15) is 0 Å². The number of carbonyl (C=O) groups excluding carboxylic acids is 1. The molecule has 0 aliphatic heterocycles. The smallest absolute Gasteiger partial charge is 0.357 e. The number of anilines is 1. The zero-order chi connectivity index (χ0) is 16.3. The molecule has 0 spiro atoms. The molecule has 0 amide bonds. The zero-order valence-electron chi connectivity index (χ0n) is 11.8. The third-order valence-electron chi connectivity index (χ3n) is 2.59. The molecule has 0 bridgehead atoms. The molecule has 2 aromatic rings. The van der Waals surface area contributed by atoms with Crippen LogP contribution in [0.2, 0.25) is 0 Å². The summed E-state index contributed by atoms with van der Waals surface area (Å²) in [6.45, 7) is 3.49. The van der Waals surface area contributed by atoms with E-state index in [1.54, 1.807) is 13.8 Å². The van der Waals surface area contributed by atoms with Crippen molar-refractivity contribution in [3.63, 3.8) is 0 Å². The number of halogens is 1. The van der Waals surface area contributed by atoms with Crippen molar-refractivity contribution >= 4 is 32.5 Å². The lowest BCUT2D eigenvalue weighted by atomic mass is 10.2. The van der Waals surface area contributed by atoms with Crippen LogP contribution in [0.15, 0.2) is 28.5 Å². The van der Waals surface area contributed by atoms with Gasteiger partial charge in [-0.3, -0.25) is 4.72 Å². The Bertz CT molecular complexity index is 802. The van der Waals surface area contributed by atoms with E-state index in [1.807, 2.05) is 0 Å². The van der Waals surface area contributed by atoms with Gasteiger partial charge in [-0.25, -0.2) is 22.6 Å². The number of hydrogen-bond donors (Lipinski definition) is 1.